The van der Waals surface area contributed by atoms with Crippen LogP contribution in [0.5, 0.6) is 0 Å². The molecule has 8 atom stereocenters. The number of carbonyl (C=O) groups excluding carboxylic acids is 2. The van der Waals surface area contributed by atoms with Gasteiger partial charge in [0, 0.05) is 24.4 Å². The number of hydrogen-bond donors (Lipinski definition) is 1. The van der Waals surface area contributed by atoms with E-state index in [-0.39, 0.29) is 28.5 Å². The van der Waals surface area contributed by atoms with Gasteiger partial charge < -0.3 is 10.2 Å². The Balaban J connectivity index is 1.31. The third-order valence-electron chi connectivity index (χ3n) is 10.1. The zero-order valence-corrected chi connectivity index (χ0v) is 20.8. The van der Waals surface area contributed by atoms with Crippen LogP contribution < -0.4 is 5.32 Å². The fourth-order valence-electron chi connectivity index (χ4n) is 8.29. The van der Waals surface area contributed by atoms with Crippen LogP contribution in [-0.4, -0.2) is 41.0 Å². The van der Waals surface area contributed by atoms with Crippen molar-refractivity contribution in [1.29, 1.82) is 0 Å². The molecule has 1 aromatic heterocycles. The lowest BCUT2D eigenvalue weighted by molar-refractivity contribution is -0.141. The van der Waals surface area contributed by atoms with E-state index in [1.807, 2.05) is 11.9 Å². The Morgan fingerprint density at radius 1 is 1.14 bits per heavy atom. The molecule has 3 fully saturated rings. The summed E-state index contributed by atoms with van der Waals surface area (Å²) in [6.07, 6.45) is 3.50. The molecule has 5 rings (SSSR count). The van der Waals surface area contributed by atoms with Gasteiger partial charge in [0.25, 0.3) is 5.91 Å². The van der Waals surface area contributed by atoms with Gasteiger partial charge in [0.15, 0.2) is 6.17 Å². The van der Waals surface area contributed by atoms with Crippen molar-refractivity contribution in [2.45, 2.75) is 70.8 Å². The first kappa shape index (κ1) is 25.2. The van der Waals surface area contributed by atoms with Crippen LogP contribution in [0.3, 0.4) is 0 Å². The number of alkyl halides is 4. The van der Waals surface area contributed by atoms with Crippen molar-refractivity contribution in [2.24, 2.45) is 34.5 Å². The zero-order valence-electron chi connectivity index (χ0n) is 20.8. The SMILES string of the molecule is CN1C(=O)C=C[C@]2(C)C3CC[C@]4(C)[C@@H](C(F)C(=O)Nc5ccc(C(F)(F)F)nc5)CC[C@H]4C3CC[C@@H]12. The molecule has 2 amide bonds. The van der Waals surface area contributed by atoms with Gasteiger partial charge in [-0.25, -0.2) is 9.37 Å². The van der Waals surface area contributed by atoms with E-state index in [1.165, 1.54) is 0 Å². The molecule has 4 aliphatic rings. The molecule has 5 nitrogen and oxygen atoms in total. The number of rotatable bonds is 3. The first-order valence-corrected chi connectivity index (χ1v) is 12.8. The van der Waals surface area contributed by atoms with E-state index in [1.54, 1.807) is 6.08 Å². The third-order valence-corrected chi connectivity index (χ3v) is 10.1. The molecule has 1 aliphatic heterocycles. The fourth-order valence-corrected chi connectivity index (χ4v) is 8.29. The predicted molar refractivity (Wildman–Crippen MR) is 126 cm³/mol. The Bertz CT molecular complexity index is 1070. The standard InChI is InChI=1S/C27H33F4N3O2/c1-25-12-10-18-16(5-9-21-26(18,2)13-11-22(35)34(21)3)17(25)6-7-19(25)23(28)24(36)33-15-4-8-20(32-14-15)27(29,30)31/h4,8,11,13-14,16-19,21,23H,5-7,9-10,12H2,1-3H3,(H,33,36)/t16?,17-,18?,19+,21+,23?,25-,26+/m0/s1. The summed E-state index contributed by atoms with van der Waals surface area (Å²) in [5.41, 5.74) is -1.44. The molecule has 2 heterocycles. The number of anilines is 1. The number of carbonyl (C=O) groups is 2. The highest BCUT2D eigenvalue weighted by atomic mass is 19.4. The first-order chi connectivity index (χ1) is 16.9. The average Bonchev–Trinajstić information content (AvgIpc) is 3.18. The number of nitrogens with one attached hydrogen (secondary N) is 1. The van der Waals surface area contributed by atoms with Crippen LogP contribution >= 0.6 is 0 Å². The number of hydrogen-bond acceptors (Lipinski definition) is 3. The summed E-state index contributed by atoms with van der Waals surface area (Å²) < 4.78 is 53.9. The third kappa shape index (κ3) is 3.84. The number of amides is 2. The van der Waals surface area contributed by atoms with Crippen molar-refractivity contribution in [3.8, 4) is 0 Å². The van der Waals surface area contributed by atoms with Gasteiger partial charge in [-0.15, -0.1) is 0 Å². The molecule has 1 N–H and O–H groups in total. The Labute approximate surface area is 208 Å². The minimum absolute atomic E-state index is 0.0482. The second-order valence-electron chi connectivity index (χ2n) is 11.7. The van der Waals surface area contributed by atoms with E-state index >= 15 is 4.39 Å². The molecule has 0 aromatic carbocycles. The van der Waals surface area contributed by atoms with Gasteiger partial charge in [0.1, 0.15) is 5.69 Å². The summed E-state index contributed by atoms with van der Waals surface area (Å²) in [5.74, 6) is -0.0964. The predicted octanol–water partition coefficient (Wildman–Crippen LogP) is 5.63. The van der Waals surface area contributed by atoms with Crippen molar-refractivity contribution in [2.75, 3.05) is 12.4 Å². The van der Waals surface area contributed by atoms with Crippen LogP contribution in [0, 0.1) is 34.5 Å². The highest BCUT2D eigenvalue weighted by Crippen LogP contribution is 2.66. The van der Waals surface area contributed by atoms with E-state index in [4.69, 9.17) is 0 Å². The Morgan fingerprint density at radius 3 is 2.56 bits per heavy atom. The number of pyridine rings is 1. The van der Waals surface area contributed by atoms with Crippen LogP contribution in [0.25, 0.3) is 0 Å². The van der Waals surface area contributed by atoms with Crippen LogP contribution in [0.15, 0.2) is 30.5 Å². The Kier molecular flexibility index (Phi) is 5.99. The number of fused-ring (bicyclic) bond motifs is 5. The van der Waals surface area contributed by atoms with Gasteiger partial charge in [-0.3, -0.25) is 9.59 Å². The summed E-state index contributed by atoms with van der Waals surface area (Å²) in [7, 11) is 1.88. The van der Waals surface area contributed by atoms with Crippen LogP contribution in [0.1, 0.15) is 58.1 Å². The molecule has 1 aromatic rings. The molecule has 0 saturated heterocycles. The summed E-state index contributed by atoms with van der Waals surface area (Å²) in [5, 5.41) is 2.43. The normalized spacial score (nSPS) is 38.7. The molecule has 0 bridgehead atoms. The van der Waals surface area contributed by atoms with E-state index in [0.29, 0.717) is 24.2 Å². The summed E-state index contributed by atoms with van der Waals surface area (Å²) >= 11 is 0. The number of likely N-dealkylation sites (N-methyl/N-ethyl adjacent to an activating group) is 1. The van der Waals surface area contributed by atoms with Crippen LogP contribution in [0.2, 0.25) is 0 Å². The molecule has 36 heavy (non-hydrogen) atoms. The minimum atomic E-state index is -4.58. The van der Waals surface area contributed by atoms with Crippen molar-refractivity contribution >= 4 is 17.5 Å². The van der Waals surface area contributed by atoms with Crippen LogP contribution in [0.4, 0.5) is 23.2 Å². The maximum Gasteiger partial charge on any atom is 0.433 e. The van der Waals surface area contributed by atoms with Gasteiger partial charge in [-0.1, -0.05) is 19.9 Å². The molecule has 3 aliphatic carbocycles. The first-order valence-electron chi connectivity index (χ1n) is 12.8. The Hall–Kier alpha value is -2.45. The summed E-state index contributed by atoms with van der Waals surface area (Å²) in [6.45, 7) is 4.37. The molecule has 9 heteroatoms. The van der Waals surface area contributed by atoms with Crippen LogP contribution in [-0.2, 0) is 15.8 Å². The highest BCUT2D eigenvalue weighted by molar-refractivity contribution is 5.94. The van der Waals surface area contributed by atoms with Crippen molar-refractivity contribution in [3.05, 3.63) is 36.2 Å². The quantitative estimate of drug-likeness (QED) is 0.540. The van der Waals surface area contributed by atoms with E-state index in [0.717, 1.165) is 50.4 Å². The minimum Gasteiger partial charge on any atom is -0.338 e. The molecular formula is C27H33F4N3O2. The van der Waals surface area contributed by atoms with Gasteiger partial charge in [-0.05, 0) is 79.9 Å². The van der Waals surface area contributed by atoms with Gasteiger partial charge >= 0.3 is 6.18 Å². The number of halogens is 4. The molecule has 3 unspecified atom stereocenters. The maximum absolute atomic E-state index is 15.7. The summed E-state index contributed by atoms with van der Waals surface area (Å²) in [4.78, 5) is 30.3. The largest absolute Gasteiger partial charge is 0.433 e. The highest BCUT2D eigenvalue weighted by Gasteiger charge is 2.62. The topological polar surface area (TPSA) is 62.3 Å². The second-order valence-corrected chi connectivity index (χ2v) is 11.7. The molecule has 0 radical (unpaired) electrons. The zero-order chi connectivity index (χ0) is 26.0. The van der Waals surface area contributed by atoms with Gasteiger partial charge in [-0.2, -0.15) is 13.2 Å². The lowest BCUT2D eigenvalue weighted by Crippen LogP contribution is -2.59. The number of nitrogens with zero attached hydrogens (tertiary/aromatic N) is 2. The fraction of sp³-hybridized carbons (Fsp3) is 0.667. The lowest BCUT2D eigenvalue weighted by atomic mass is 9.47. The Morgan fingerprint density at radius 2 is 1.89 bits per heavy atom. The van der Waals surface area contributed by atoms with E-state index < -0.39 is 29.9 Å². The average molecular weight is 508 g/mol. The maximum atomic E-state index is 15.7. The van der Waals surface area contributed by atoms with Gasteiger partial charge in [0.2, 0.25) is 5.91 Å². The smallest absolute Gasteiger partial charge is 0.338 e. The van der Waals surface area contributed by atoms with Crippen molar-refractivity contribution in [3.63, 3.8) is 0 Å². The van der Waals surface area contributed by atoms with E-state index in [2.05, 4.69) is 30.2 Å². The van der Waals surface area contributed by atoms with Crippen molar-refractivity contribution in [1.82, 2.24) is 9.88 Å². The summed E-state index contributed by atoms with van der Waals surface area (Å²) in [6, 6.07) is 2.05. The lowest BCUT2D eigenvalue weighted by Gasteiger charge is -2.60. The molecular weight excluding hydrogens is 474 g/mol. The number of aromatic nitrogens is 1. The van der Waals surface area contributed by atoms with Gasteiger partial charge in [0.05, 0.1) is 11.9 Å². The molecule has 0 spiro atoms. The van der Waals surface area contributed by atoms with E-state index in [9.17, 15) is 22.8 Å². The van der Waals surface area contributed by atoms with Crippen molar-refractivity contribution < 1.29 is 27.2 Å². The molecule has 3 saturated carbocycles. The monoisotopic (exact) mass is 507 g/mol. The second kappa shape index (κ2) is 8.55. The molecule has 196 valence electrons.